The highest BCUT2D eigenvalue weighted by atomic mass is 15.2. The first-order valence-corrected chi connectivity index (χ1v) is 11.2. The Morgan fingerprint density at radius 2 is 1.70 bits per heavy atom. The standard InChI is InChI=1S/C27H26N6/c1-19-9-10-22-17-23(26-28-14-6-15-29-26)11-12-24(22)33(18-19)25-13-16-30-27(32-25)31-20(2)21-7-4-3-5-8-21/h3-8,11-18,20H,9-10H2,1-2H3,(H,30,31,32)/t20-/m0/s1. The maximum atomic E-state index is 4.85. The van der Waals surface area contributed by atoms with Crippen LogP contribution in [0.5, 0.6) is 0 Å². The van der Waals surface area contributed by atoms with E-state index in [1.54, 1.807) is 12.4 Å². The lowest BCUT2D eigenvalue weighted by atomic mass is 10.0. The van der Waals surface area contributed by atoms with Crippen LogP contribution in [0.1, 0.15) is 37.4 Å². The van der Waals surface area contributed by atoms with Crippen molar-refractivity contribution in [1.82, 2.24) is 19.9 Å². The first-order valence-electron chi connectivity index (χ1n) is 11.2. The Balaban J connectivity index is 1.47. The zero-order valence-electron chi connectivity index (χ0n) is 18.8. The molecule has 0 spiro atoms. The largest absolute Gasteiger partial charge is 0.348 e. The molecule has 1 aliphatic heterocycles. The second kappa shape index (κ2) is 9.20. The molecule has 5 rings (SSSR count). The van der Waals surface area contributed by atoms with Crippen LogP contribution in [0.15, 0.2) is 91.0 Å². The molecule has 0 aliphatic carbocycles. The molecule has 4 aromatic rings. The highest BCUT2D eigenvalue weighted by Crippen LogP contribution is 2.35. The second-order valence-corrected chi connectivity index (χ2v) is 8.28. The molecule has 0 saturated heterocycles. The fourth-order valence-corrected chi connectivity index (χ4v) is 4.06. The minimum absolute atomic E-state index is 0.101. The summed E-state index contributed by atoms with van der Waals surface area (Å²) in [6.07, 6.45) is 9.48. The van der Waals surface area contributed by atoms with E-state index in [-0.39, 0.29) is 6.04 Å². The molecule has 33 heavy (non-hydrogen) atoms. The number of fused-ring (bicyclic) bond motifs is 1. The van der Waals surface area contributed by atoms with Crippen molar-refractivity contribution in [3.63, 3.8) is 0 Å². The van der Waals surface area contributed by atoms with Crippen LogP contribution in [0, 0.1) is 0 Å². The van der Waals surface area contributed by atoms with Crippen molar-refractivity contribution in [2.24, 2.45) is 0 Å². The van der Waals surface area contributed by atoms with Crippen molar-refractivity contribution < 1.29 is 0 Å². The average Bonchev–Trinajstić information content (AvgIpc) is 3.03. The lowest BCUT2D eigenvalue weighted by molar-refractivity contribution is 0.859. The zero-order chi connectivity index (χ0) is 22.6. The van der Waals surface area contributed by atoms with E-state index in [1.165, 1.54) is 16.7 Å². The maximum Gasteiger partial charge on any atom is 0.225 e. The van der Waals surface area contributed by atoms with Crippen LogP contribution in [0.2, 0.25) is 0 Å². The molecular weight excluding hydrogens is 408 g/mol. The Kier molecular flexibility index (Phi) is 5.81. The molecule has 0 radical (unpaired) electrons. The molecule has 2 aromatic heterocycles. The van der Waals surface area contributed by atoms with Gasteiger partial charge in [0.15, 0.2) is 5.82 Å². The van der Waals surface area contributed by atoms with E-state index in [2.05, 4.69) is 75.5 Å². The summed E-state index contributed by atoms with van der Waals surface area (Å²) >= 11 is 0. The van der Waals surface area contributed by atoms with E-state index >= 15 is 0 Å². The number of aromatic nitrogens is 4. The van der Waals surface area contributed by atoms with Crippen molar-refractivity contribution in [2.75, 3.05) is 10.2 Å². The molecule has 0 fully saturated rings. The van der Waals surface area contributed by atoms with E-state index in [4.69, 9.17) is 4.98 Å². The van der Waals surface area contributed by atoms with Crippen LogP contribution < -0.4 is 10.2 Å². The number of anilines is 3. The topological polar surface area (TPSA) is 66.8 Å². The molecule has 6 heteroatoms. The monoisotopic (exact) mass is 434 g/mol. The predicted octanol–water partition coefficient (Wildman–Crippen LogP) is 6.09. The highest BCUT2D eigenvalue weighted by Gasteiger charge is 2.19. The van der Waals surface area contributed by atoms with Crippen LogP contribution in [0.3, 0.4) is 0 Å². The predicted molar refractivity (Wildman–Crippen MR) is 132 cm³/mol. The maximum absolute atomic E-state index is 4.85. The number of aryl methyl sites for hydroxylation is 1. The summed E-state index contributed by atoms with van der Waals surface area (Å²) in [5.74, 6) is 2.18. The Morgan fingerprint density at radius 3 is 2.52 bits per heavy atom. The summed E-state index contributed by atoms with van der Waals surface area (Å²) in [6, 6.07) is 20.6. The van der Waals surface area contributed by atoms with Crippen molar-refractivity contribution in [1.29, 1.82) is 0 Å². The molecule has 1 N–H and O–H groups in total. The van der Waals surface area contributed by atoms with E-state index in [0.717, 1.165) is 35.7 Å². The summed E-state index contributed by atoms with van der Waals surface area (Å²) in [4.78, 5) is 20.3. The minimum Gasteiger partial charge on any atom is -0.348 e. The van der Waals surface area contributed by atoms with Gasteiger partial charge in [-0.2, -0.15) is 4.98 Å². The van der Waals surface area contributed by atoms with Gasteiger partial charge in [-0.05, 0) is 68.1 Å². The molecule has 6 nitrogen and oxygen atoms in total. The van der Waals surface area contributed by atoms with Gasteiger partial charge in [-0.25, -0.2) is 15.0 Å². The summed E-state index contributed by atoms with van der Waals surface area (Å²) in [5.41, 5.74) is 5.88. The molecule has 164 valence electrons. The van der Waals surface area contributed by atoms with Gasteiger partial charge in [0.2, 0.25) is 5.95 Å². The normalized spacial score (nSPS) is 14.1. The average molecular weight is 435 g/mol. The summed E-state index contributed by atoms with van der Waals surface area (Å²) < 4.78 is 0. The Labute approximate surface area is 194 Å². The van der Waals surface area contributed by atoms with Crippen molar-refractivity contribution in [2.45, 2.75) is 32.7 Å². The lowest BCUT2D eigenvalue weighted by Crippen LogP contribution is -2.14. The summed E-state index contributed by atoms with van der Waals surface area (Å²) in [5, 5.41) is 3.43. The molecular formula is C27H26N6. The number of benzene rings is 2. The van der Waals surface area contributed by atoms with Crippen LogP contribution in [-0.2, 0) is 6.42 Å². The summed E-state index contributed by atoms with van der Waals surface area (Å²) in [7, 11) is 0. The van der Waals surface area contributed by atoms with Crippen molar-refractivity contribution in [3.8, 4) is 11.4 Å². The van der Waals surface area contributed by atoms with Gasteiger partial charge < -0.3 is 10.2 Å². The number of allylic oxidation sites excluding steroid dienone is 1. The van der Waals surface area contributed by atoms with Gasteiger partial charge in [-0.1, -0.05) is 35.9 Å². The number of rotatable bonds is 5. The first-order chi connectivity index (χ1) is 16.2. The summed E-state index contributed by atoms with van der Waals surface area (Å²) in [6.45, 7) is 4.28. The molecule has 0 amide bonds. The third kappa shape index (κ3) is 4.60. The van der Waals surface area contributed by atoms with Crippen LogP contribution in [0.4, 0.5) is 17.5 Å². The van der Waals surface area contributed by atoms with E-state index < -0.39 is 0 Å². The first kappa shape index (κ1) is 20.8. The molecule has 3 heterocycles. The highest BCUT2D eigenvalue weighted by molar-refractivity contribution is 5.72. The van der Waals surface area contributed by atoms with Crippen LogP contribution >= 0.6 is 0 Å². The lowest BCUT2D eigenvalue weighted by Gasteiger charge is -2.23. The molecule has 0 unspecified atom stereocenters. The second-order valence-electron chi connectivity index (χ2n) is 8.28. The van der Waals surface area contributed by atoms with Gasteiger partial charge in [0.25, 0.3) is 0 Å². The number of hydrogen-bond donors (Lipinski definition) is 1. The molecule has 0 bridgehead atoms. The van der Waals surface area contributed by atoms with Gasteiger partial charge in [0.1, 0.15) is 5.82 Å². The van der Waals surface area contributed by atoms with Crippen molar-refractivity contribution in [3.05, 3.63) is 102 Å². The van der Waals surface area contributed by atoms with E-state index in [9.17, 15) is 0 Å². The third-order valence-electron chi connectivity index (χ3n) is 5.83. The molecule has 2 aromatic carbocycles. The fourth-order valence-electron chi connectivity index (χ4n) is 4.06. The SMILES string of the molecule is CC1=CN(c2ccnc(N[C@@H](C)c3ccccc3)n2)c2ccc(-c3ncccn3)cc2CC1. The van der Waals surface area contributed by atoms with Gasteiger partial charge in [-0.3, -0.25) is 0 Å². The smallest absolute Gasteiger partial charge is 0.225 e. The van der Waals surface area contributed by atoms with Crippen LogP contribution in [-0.4, -0.2) is 19.9 Å². The number of hydrogen-bond acceptors (Lipinski definition) is 6. The van der Waals surface area contributed by atoms with Gasteiger partial charge >= 0.3 is 0 Å². The molecule has 1 aliphatic rings. The molecule has 1 atom stereocenters. The van der Waals surface area contributed by atoms with Gasteiger partial charge in [0, 0.05) is 30.4 Å². The zero-order valence-corrected chi connectivity index (χ0v) is 18.8. The quantitative estimate of drug-likeness (QED) is 0.410. The molecule has 0 saturated carbocycles. The van der Waals surface area contributed by atoms with Crippen LogP contribution in [0.25, 0.3) is 11.4 Å². The van der Waals surface area contributed by atoms with E-state index in [0.29, 0.717) is 5.95 Å². The van der Waals surface area contributed by atoms with E-state index in [1.807, 2.05) is 36.5 Å². The number of nitrogens with zero attached hydrogens (tertiary/aromatic N) is 5. The van der Waals surface area contributed by atoms with Gasteiger partial charge in [0.05, 0.1) is 11.7 Å². The third-order valence-corrected chi connectivity index (χ3v) is 5.83. The Morgan fingerprint density at radius 1 is 0.879 bits per heavy atom. The Bertz CT molecular complexity index is 1270. The van der Waals surface area contributed by atoms with Crippen molar-refractivity contribution >= 4 is 17.5 Å². The fraction of sp³-hybridized carbons (Fsp3) is 0.185. The van der Waals surface area contributed by atoms with Gasteiger partial charge in [-0.15, -0.1) is 0 Å². The minimum atomic E-state index is 0.101. The Hall–Kier alpha value is -4.06. The number of nitrogens with one attached hydrogen (secondary N) is 1.